The lowest BCUT2D eigenvalue weighted by Gasteiger charge is -2.05. The maximum Gasteiger partial charge on any atom is 0.175 e. The molecule has 0 bridgehead atoms. The summed E-state index contributed by atoms with van der Waals surface area (Å²) in [7, 11) is -3.34. The summed E-state index contributed by atoms with van der Waals surface area (Å²) in [4.78, 5) is 4.19. The van der Waals surface area contributed by atoms with Crippen LogP contribution >= 0.6 is 0 Å². The lowest BCUT2D eigenvalue weighted by atomic mass is 10.1. The minimum absolute atomic E-state index is 0.0816. The molecule has 0 amide bonds. The average Bonchev–Trinajstić information content (AvgIpc) is 2.28. The SMILES string of the molecule is CS(=O)(=O)c1cc(O)cc(-c2ccccn2)c1. The quantitative estimate of drug-likeness (QED) is 0.882. The molecule has 0 aliphatic carbocycles. The Balaban J connectivity index is 2.61. The Morgan fingerprint density at radius 2 is 1.94 bits per heavy atom. The topological polar surface area (TPSA) is 67.3 Å². The number of hydrogen-bond acceptors (Lipinski definition) is 4. The molecule has 0 saturated carbocycles. The third-order valence-corrected chi connectivity index (χ3v) is 3.37. The van der Waals surface area contributed by atoms with E-state index in [9.17, 15) is 13.5 Å². The Morgan fingerprint density at radius 1 is 1.18 bits per heavy atom. The first-order valence-corrected chi connectivity index (χ1v) is 6.81. The molecular formula is C12H11NO3S. The van der Waals surface area contributed by atoms with Crippen molar-refractivity contribution in [1.82, 2.24) is 4.98 Å². The zero-order chi connectivity index (χ0) is 12.5. The molecule has 4 nitrogen and oxygen atoms in total. The Labute approximate surface area is 99.5 Å². The van der Waals surface area contributed by atoms with Gasteiger partial charge in [-0.2, -0.15) is 0 Å². The van der Waals surface area contributed by atoms with E-state index in [4.69, 9.17) is 0 Å². The van der Waals surface area contributed by atoms with Crippen LogP contribution in [0.15, 0.2) is 47.5 Å². The number of nitrogens with zero attached hydrogens (tertiary/aromatic N) is 1. The van der Waals surface area contributed by atoms with E-state index < -0.39 is 9.84 Å². The molecule has 0 aliphatic heterocycles. The number of rotatable bonds is 2. The first-order valence-electron chi connectivity index (χ1n) is 4.92. The van der Waals surface area contributed by atoms with Gasteiger partial charge in [-0.25, -0.2) is 8.42 Å². The third kappa shape index (κ3) is 2.62. The predicted octanol–water partition coefficient (Wildman–Crippen LogP) is 1.86. The molecule has 17 heavy (non-hydrogen) atoms. The van der Waals surface area contributed by atoms with Gasteiger partial charge in [-0.1, -0.05) is 6.07 Å². The number of phenolic OH excluding ortho intramolecular Hbond substituents is 1. The average molecular weight is 249 g/mol. The van der Waals surface area contributed by atoms with Gasteiger partial charge < -0.3 is 5.11 Å². The van der Waals surface area contributed by atoms with Crippen molar-refractivity contribution in [3.05, 3.63) is 42.6 Å². The molecule has 2 rings (SSSR count). The maximum atomic E-state index is 11.4. The summed E-state index contributed by atoms with van der Waals surface area (Å²) < 4.78 is 22.9. The van der Waals surface area contributed by atoms with Crippen LogP contribution in [-0.2, 0) is 9.84 Å². The van der Waals surface area contributed by atoms with Crippen molar-refractivity contribution in [2.24, 2.45) is 0 Å². The molecule has 0 fully saturated rings. The van der Waals surface area contributed by atoms with Crippen molar-refractivity contribution in [3.63, 3.8) is 0 Å². The van der Waals surface area contributed by atoms with Crippen LogP contribution in [-0.4, -0.2) is 24.8 Å². The van der Waals surface area contributed by atoms with Gasteiger partial charge in [0.2, 0.25) is 0 Å². The zero-order valence-corrected chi connectivity index (χ0v) is 9.98. The summed E-state index contributed by atoms with van der Waals surface area (Å²) in [6, 6.07) is 9.52. The standard InChI is InChI=1S/C12H11NO3S/c1-17(15,16)11-7-9(6-10(14)8-11)12-4-2-3-5-13-12/h2-8,14H,1H3. The van der Waals surface area contributed by atoms with Crippen LogP contribution in [0.1, 0.15) is 0 Å². The largest absolute Gasteiger partial charge is 0.508 e. The van der Waals surface area contributed by atoms with E-state index in [1.807, 2.05) is 0 Å². The van der Waals surface area contributed by atoms with Crippen LogP contribution in [0.25, 0.3) is 11.3 Å². The number of hydrogen-bond donors (Lipinski definition) is 1. The highest BCUT2D eigenvalue weighted by Crippen LogP contribution is 2.26. The number of phenols is 1. The van der Waals surface area contributed by atoms with Crippen LogP contribution in [0.2, 0.25) is 0 Å². The van der Waals surface area contributed by atoms with Gasteiger partial charge in [0.25, 0.3) is 0 Å². The molecule has 5 heteroatoms. The van der Waals surface area contributed by atoms with Crippen LogP contribution < -0.4 is 0 Å². The Morgan fingerprint density at radius 3 is 2.53 bits per heavy atom. The van der Waals surface area contributed by atoms with E-state index in [-0.39, 0.29) is 10.6 Å². The summed E-state index contributed by atoms with van der Waals surface area (Å²) in [6.07, 6.45) is 2.71. The lowest BCUT2D eigenvalue weighted by Crippen LogP contribution is -1.97. The fourth-order valence-electron chi connectivity index (χ4n) is 1.48. The maximum absolute atomic E-state index is 11.4. The zero-order valence-electron chi connectivity index (χ0n) is 9.16. The number of benzene rings is 1. The molecule has 88 valence electrons. The smallest absolute Gasteiger partial charge is 0.175 e. The van der Waals surface area contributed by atoms with Crippen LogP contribution in [0.4, 0.5) is 0 Å². The first-order chi connectivity index (χ1) is 7.97. The molecule has 2 aromatic rings. The molecule has 0 radical (unpaired) electrons. The predicted molar refractivity (Wildman–Crippen MR) is 64.4 cm³/mol. The molecule has 0 saturated heterocycles. The first kappa shape index (κ1) is 11.6. The van der Waals surface area contributed by atoms with E-state index in [2.05, 4.69) is 4.98 Å². The summed E-state index contributed by atoms with van der Waals surface area (Å²) in [5.74, 6) is -0.0893. The van der Waals surface area contributed by atoms with Crippen molar-refractivity contribution >= 4 is 9.84 Å². The van der Waals surface area contributed by atoms with Crippen molar-refractivity contribution in [2.45, 2.75) is 4.90 Å². The molecule has 0 unspecified atom stereocenters. The molecule has 0 spiro atoms. The van der Waals surface area contributed by atoms with E-state index in [0.29, 0.717) is 11.3 Å². The van der Waals surface area contributed by atoms with Gasteiger partial charge in [0.05, 0.1) is 10.6 Å². The van der Waals surface area contributed by atoms with Gasteiger partial charge in [0.1, 0.15) is 5.75 Å². The molecule has 1 N–H and O–H groups in total. The normalized spacial score (nSPS) is 11.4. The van der Waals surface area contributed by atoms with Gasteiger partial charge in [-0.3, -0.25) is 4.98 Å². The fourth-order valence-corrected chi connectivity index (χ4v) is 2.15. The Hall–Kier alpha value is -1.88. The lowest BCUT2D eigenvalue weighted by molar-refractivity contribution is 0.473. The minimum Gasteiger partial charge on any atom is -0.508 e. The van der Waals surface area contributed by atoms with Gasteiger partial charge in [0.15, 0.2) is 9.84 Å². The van der Waals surface area contributed by atoms with E-state index in [1.165, 1.54) is 18.2 Å². The molecule has 1 aromatic heterocycles. The van der Waals surface area contributed by atoms with Crippen molar-refractivity contribution in [3.8, 4) is 17.0 Å². The second kappa shape index (κ2) is 4.18. The van der Waals surface area contributed by atoms with Gasteiger partial charge >= 0.3 is 0 Å². The Kier molecular flexibility index (Phi) is 2.85. The van der Waals surface area contributed by atoms with E-state index in [1.54, 1.807) is 24.4 Å². The highest BCUT2D eigenvalue weighted by atomic mass is 32.2. The van der Waals surface area contributed by atoms with Crippen LogP contribution in [0.5, 0.6) is 5.75 Å². The van der Waals surface area contributed by atoms with Gasteiger partial charge in [-0.05, 0) is 30.3 Å². The second-order valence-electron chi connectivity index (χ2n) is 3.70. The van der Waals surface area contributed by atoms with Crippen molar-refractivity contribution in [2.75, 3.05) is 6.26 Å². The summed E-state index contributed by atoms with van der Waals surface area (Å²) in [5, 5.41) is 9.53. The Bertz CT molecular complexity index is 636. The van der Waals surface area contributed by atoms with Gasteiger partial charge in [-0.15, -0.1) is 0 Å². The number of sulfone groups is 1. The molecular weight excluding hydrogens is 238 g/mol. The van der Waals surface area contributed by atoms with E-state index in [0.717, 1.165) is 6.26 Å². The summed E-state index contributed by atoms with van der Waals surface area (Å²) in [5.41, 5.74) is 1.19. The number of pyridine rings is 1. The van der Waals surface area contributed by atoms with Gasteiger partial charge in [0, 0.05) is 18.0 Å². The summed E-state index contributed by atoms with van der Waals surface area (Å²) in [6.45, 7) is 0. The second-order valence-corrected chi connectivity index (χ2v) is 5.72. The molecule has 1 heterocycles. The third-order valence-electron chi connectivity index (χ3n) is 2.28. The molecule has 0 aliphatic rings. The van der Waals surface area contributed by atoms with Crippen LogP contribution in [0.3, 0.4) is 0 Å². The van der Waals surface area contributed by atoms with E-state index >= 15 is 0 Å². The monoisotopic (exact) mass is 249 g/mol. The minimum atomic E-state index is -3.34. The molecule has 1 aromatic carbocycles. The summed E-state index contributed by atoms with van der Waals surface area (Å²) >= 11 is 0. The fraction of sp³-hybridized carbons (Fsp3) is 0.0833. The highest BCUT2D eigenvalue weighted by molar-refractivity contribution is 7.90. The number of aromatic nitrogens is 1. The number of aromatic hydroxyl groups is 1. The van der Waals surface area contributed by atoms with Crippen molar-refractivity contribution < 1.29 is 13.5 Å². The molecule has 0 atom stereocenters. The van der Waals surface area contributed by atoms with Crippen molar-refractivity contribution in [1.29, 1.82) is 0 Å². The highest BCUT2D eigenvalue weighted by Gasteiger charge is 2.11. The van der Waals surface area contributed by atoms with Crippen LogP contribution in [0, 0.1) is 0 Å².